The van der Waals surface area contributed by atoms with E-state index in [9.17, 15) is 0 Å². The van der Waals surface area contributed by atoms with Gasteiger partial charge in [0.05, 0.1) is 0 Å². The summed E-state index contributed by atoms with van der Waals surface area (Å²) in [6.07, 6.45) is 2.17. The van der Waals surface area contributed by atoms with Crippen molar-refractivity contribution in [2.45, 2.75) is 26.3 Å². The summed E-state index contributed by atoms with van der Waals surface area (Å²) in [7, 11) is 0. The number of hydrogen-bond acceptors (Lipinski definition) is 3. The van der Waals surface area contributed by atoms with Crippen LogP contribution in [0.25, 0.3) is 0 Å². The normalized spacial score (nSPS) is 10.7. The first-order valence-corrected chi connectivity index (χ1v) is 7.28. The van der Waals surface area contributed by atoms with Gasteiger partial charge in [0.25, 0.3) is 0 Å². The van der Waals surface area contributed by atoms with Gasteiger partial charge >= 0.3 is 0 Å². The van der Waals surface area contributed by atoms with E-state index in [0.717, 1.165) is 31.6 Å². The molecule has 0 atom stereocenters. The average Bonchev–Trinajstić information content (AvgIpc) is 2.84. The van der Waals surface area contributed by atoms with Crippen LogP contribution in [-0.4, -0.2) is 6.54 Å². The van der Waals surface area contributed by atoms with Crippen molar-refractivity contribution < 1.29 is 0 Å². The van der Waals surface area contributed by atoms with Crippen LogP contribution < -0.4 is 11.1 Å². The molecule has 0 aliphatic heterocycles. The molecule has 0 saturated heterocycles. The molecule has 18 heavy (non-hydrogen) atoms. The molecule has 0 radical (unpaired) electrons. The van der Waals surface area contributed by atoms with Crippen molar-refractivity contribution in [3.05, 3.63) is 51.7 Å². The van der Waals surface area contributed by atoms with Crippen LogP contribution in [0.2, 0.25) is 0 Å². The van der Waals surface area contributed by atoms with Gasteiger partial charge in [0, 0.05) is 17.1 Å². The molecule has 0 unspecified atom stereocenters. The summed E-state index contributed by atoms with van der Waals surface area (Å²) in [6.45, 7) is 4.20. The molecule has 2 nitrogen and oxygen atoms in total. The molecule has 3 heteroatoms. The van der Waals surface area contributed by atoms with Gasteiger partial charge in [-0.05, 0) is 54.1 Å². The second kappa shape index (κ2) is 6.57. The average molecular weight is 260 g/mol. The van der Waals surface area contributed by atoms with Gasteiger partial charge in [0.15, 0.2) is 0 Å². The number of nitrogens with one attached hydrogen (secondary N) is 1. The third-order valence-corrected chi connectivity index (χ3v) is 4.04. The Kier molecular flexibility index (Phi) is 4.79. The van der Waals surface area contributed by atoms with E-state index in [4.69, 9.17) is 5.73 Å². The Balaban J connectivity index is 1.74. The third-order valence-electron chi connectivity index (χ3n) is 3.07. The van der Waals surface area contributed by atoms with E-state index in [0.29, 0.717) is 0 Å². The molecule has 0 aliphatic carbocycles. The van der Waals surface area contributed by atoms with Crippen molar-refractivity contribution in [1.29, 1.82) is 0 Å². The molecule has 0 aliphatic rings. The van der Waals surface area contributed by atoms with Crippen LogP contribution in [-0.2, 0) is 19.4 Å². The van der Waals surface area contributed by atoms with E-state index in [1.807, 2.05) is 23.5 Å². The summed E-state index contributed by atoms with van der Waals surface area (Å²) in [5.41, 5.74) is 9.30. The lowest BCUT2D eigenvalue weighted by Crippen LogP contribution is -2.16. The minimum absolute atomic E-state index is 0.831. The van der Waals surface area contributed by atoms with Crippen molar-refractivity contribution >= 4 is 17.0 Å². The van der Waals surface area contributed by atoms with E-state index in [1.165, 1.54) is 16.0 Å². The largest absolute Gasteiger partial charge is 0.399 e. The Morgan fingerprint density at radius 1 is 1.17 bits per heavy atom. The van der Waals surface area contributed by atoms with Crippen molar-refractivity contribution in [3.63, 3.8) is 0 Å². The van der Waals surface area contributed by atoms with Gasteiger partial charge in [-0.2, -0.15) is 0 Å². The smallest absolute Gasteiger partial charge is 0.0314 e. The molecule has 1 aromatic carbocycles. The number of thiophene rings is 1. The summed E-state index contributed by atoms with van der Waals surface area (Å²) in [4.78, 5) is 1.47. The Morgan fingerprint density at radius 3 is 2.67 bits per heavy atom. The van der Waals surface area contributed by atoms with Crippen LogP contribution in [0, 0.1) is 0 Å². The van der Waals surface area contributed by atoms with Crippen molar-refractivity contribution in [1.82, 2.24) is 5.32 Å². The number of nitrogen functional groups attached to an aromatic ring is 1. The molecule has 0 spiro atoms. The number of aryl methyl sites for hydroxylation is 1. The van der Waals surface area contributed by atoms with Crippen LogP contribution in [0.3, 0.4) is 0 Å². The predicted molar refractivity (Wildman–Crippen MR) is 80.0 cm³/mol. The predicted octanol–water partition coefficient (Wildman–Crippen LogP) is 3.23. The van der Waals surface area contributed by atoms with Crippen LogP contribution in [0.15, 0.2) is 35.7 Å². The van der Waals surface area contributed by atoms with E-state index >= 15 is 0 Å². The molecule has 0 bridgehead atoms. The van der Waals surface area contributed by atoms with Crippen LogP contribution in [0.4, 0.5) is 5.69 Å². The lowest BCUT2D eigenvalue weighted by atomic mass is 10.1. The first-order valence-electron chi connectivity index (χ1n) is 6.40. The van der Waals surface area contributed by atoms with Gasteiger partial charge in [-0.15, -0.1) is 11.3 Å². The van der Waals surface area contributed by atoms with Crippen LogP contribution >= 0.6 is 11.3 Å². The number of nitrogens with two attached hydrogens (primary N) is 1. The highest BCUT2D eigenvalue weighted by atomic mass is 32.1. The van der Waals surface area contributed by atoms with E-state index < -0.39 is 0 Å². The van der Waals surface area contributed by atoms with Crippen molar-refractivity contribution in [2.75, 3.05) is 12.3 Å². The van der Waals surface area contributed by atoms with Gasteiger partial charge in [0.2, 0.25) is 0 Å². The second-order valence-electron chi connectivity index (χ2n) is 4.39. The fourth-order valence-electron chi connectivity index (χ4n) is 1.96. The topological polar surface area (TPSA) is 38.0 Å². The highest BCUT2D eigenvalue weighted by molar-refractivity contribution is 7.10. The zero-order chi connectivity index (χ0) is 12.8. The standard InChI is InChI=1S/C15H20N2S/c1-2-13-8-10-18-15(13)11-17-9-7-12-3-5-14(16)6-4-12/h3-6,8,10,17H,2,7,9,11,16H2,1H3. The molecule has 1 aromatic heterocycles. The maximum Gasteiger partial charge on any atom is 0.0314 e. The first kappa shape index (κ1) is 13.1. The fraction of sp³-hybridized carbons (Fsp3) is 0.333. The van der Waals surface area contributed by atoms with Crippen molar-refractivity contribution in [2.24, 2.45) is 0 Å². The molecule has 0 saturated carbocycles. The van der Waals surface area contributed by atoms with E-state index in [-0.39, 0.29) is 0 Å². The van der Waals surface area contributed by atoms with Gasteiger partial charge in [-0.25, -0.2) is 0 Å². The lowest BCUT2D eigenvalue weighted by Gasteiger charge is -2.05. The van der Waals surface area contributed by atoms with E-state index in [2.05, 4.69) is 35.8 Å². The first-order chi connectivity index (χ1) is 8.79. The summed E-state index contributed by atoms with van der Waals surface area (Å²) in [5, 5.41) is 5.68. The summed E-state index contributed by atoms with van der Waals surface area (Å²) < 4.78 is 0. The second-order valence-corrected chi connectivity index (χ2v) is 5.39. The fourth-order valence-corrected chi connectivity index (χ4v) is 2.90. The summed E-state index contributed by atoms with van der Waals surface area (Å²) >= 11 is 1.84. The lowest BCUT2D eigenvalue weighted by molar-refractivity contribution is 0.690. The molecule has 0 amide bonds. The maximum atomic E-state index is 5.66. The quantitative estimate of drug-likeness (QED) is 0.618. The highest BCUT2D eigenvalue weighted by Crippen LogP contribution is 2.16. The monoisotopic (exact) mass is 260 g/mol. The molecule has 96 valence electrons. The zero-order valence-corrected chi connectivity index (χ0v) is 11.6. The number of hydrogen-bond donors (Lipinski definition) is 2. The number of rotatable bonds is 6. The molecular formula is C15H20N2S. The number of benzene rings is 1. The van der Waals surface area contributed by atoms with Gasteiger partial charge in [-0.1, -0.05) is 19.1 Å². The number of anilines is 1. The van der Waals surface area contributed by atoms with Crippen LogP contribution in [0.1, 0.15) is 22.9 Å². The zero-order valence-electron chi connectivity index (χ0n) is 10.8. The van der Waals surface area contributed by atoms with Gasteiger partial charge in [0.1, 0.15) is 0 Å². The Bertz CT molecular complexity index is 473. The Morgan fingerprint density at radius 2 is 1.94 bits per heavy atom. The molecule has 2 aromatic rings. The molecule has 2 rings (SSSR count). The molecular weight excluding hydrogens is 240 g/mol. The Labute approximate surface area is 113 Å². The summed E-state index contributed by atoms with van der Waals surface area (Å²) in [6, 6.07) is 10.3. The van der Waals surface area contributed by atoms with E-state index in [1.54, 1.807) is 0 Å². The summed E-state index contributed by atoms with van der Waals surface area (Å²) in [5.74, 6) is 0. The van der Waals surface area contributed by atoms with Gasteiger partial charge < -0.3 is 11.1 Å². The van der Waals surface area contributed by atoms with Crippen LogP contribution in [0.5, 0.6) is 0 Å². The SMILES string of the molecule is CCc1ccsc1CNCCc1ccc(N)cc1. The molecule has 3 N–H and O–H groups in total. The third kappa shape index (κ3) is 3.59. The Hall–Kier alpha value is -1.32. The highest BCUT2D eigenvalue weighted by Gasteiger charge is 2.01. The minimum atomic E-state index is 0.831. The van der Waals surface area contributed by atoms with Gasteiger partial charge in [-0.3, -0.25) is 0 Å². The van der Waals surface area contributed by atoms with Crippen molar-refractivity contribution in [3.8, 4) is 0 Å². The minimum Gasteiger partial charge on any atom is -0.399 e. The maximum absolute atomic E-state index is 5.66. The molecule has 0 fully saturated rings. The molecule has 1 heterocycles.